The number of amides is 1. The van der Waals surface area contributed by atoms with Crippen molar-refractivity contribution in [2.24, 2.45) is 5.11 Å². The molecule has 1 saturated heterocycles. The summed E-state index contributed by atoms with van der Waals surface area (Å²) in [6.07, 6.45) is 7.33. The average Bonchev–Trinajstić information content (AvgIpc) is 3.07. The highest BCUT2D eigenvalue weighted by Gasteiger charge is 2.27. The van der Waals surface area contributed by atoms with Crippen LogP contribution in [0.4, 0.5) is 0 Å². The van der Waals surface area contributed by atoms with Gasteiger partial charge in [0, 0.05) is 23.9 Å². The number of carbonyl (C=O) groups is 1. The molecule has 0 unspecified atom stereocenters. The molecule has 2 rings (SSSR count). The van der Waals surface area contributed by atoms with Crippen LogP contribution in [0.5, 0.6) is 0 Å². The van der Waals surface area contributed by atoms with E-state index in [0.29, 0.717) is 24.8 Å². The van der Waals surface area contributed by atoms with Crippen LogP contribution in [-0.4, -0.2) is 40.6 Å². The van der Waals surface area contributed by atoms with Crippen LogP contribution in [0.15, 0.2) is 27.9 Å². The van der Waals surface area contributed by atoms with Gasteiger partial charge in [-0.1, -0.05) is 28.5 Å². The van der Waals surface area contributed by atoms with Crippen LogP contribution < -0.4 is 0 Å². The normalized spacial score (nSPS) is 16.6. The fourth-order valence-corrected chi connectivity index (χ4v) is 2.44. The van der Waals surface area contributed by atoms with Crippen molar-refractivity contribution in [2.75, 3.05) is 19.6 Å². The summed E-state index contributed by atoms with van der Waals surface area (Å²) < 4.78 is 5.37. The van der Waals surface area contributed by atoms with E-state index >= 15 is 0 Å². The van der Waals surface area contributed by atoms with Gasteiger partial charge in [0.15, 0.2) is 5.82 Å². The van der Waals surface area contributed by atoms with Gasteiger partial charge < -0.3 is 9.42 Å². The first kappa shape index (κ1) is 16.8. The van der Waals surface area contributed by atoms with Gasteiger partial charge in [0.1, 0.15) is 6.54 Å². The fraction of sp³-hybridized carbons (Fsp3) is 0.533. The third kappa shape index (κ3) is 4.43. The summed E-state index contributed by atoms with van der Waals surface area (Å²) in [6.45, 7) is 4.97. The van der Waals surface area contributed by atoms with Gasteiger partial charge in [0.05, 0.1) is 0 Å². The van der Waals surface area contributed by atoms with Crippen molar-refractivity contribution in [2.45, 2.75) is 32.6 Å². The van der Waals surface area contributed by atoms with Gasteiger partial charge in [-0.05, 0) is 37.8 Å². The van der Waals surface area contributed by atoms with E-state index in [4.69, 9.17) is 10.1 Å². The number of carbonyl (C=O) groups excluding carboxylic acids is 1. The second-order valence-electron chi connectivity index (χ2n) is 5.38. The van der Waals surface area contributed by atoms with Crippen LogP contribution >= 0.6 is 0 Å². The van der Waals surface area contributed by atoms with Crippen molar-refractivity contribution in [3.05, 3.63) is 40.4 Å². The summed E-state index contributed by atoms with van der Waals surface area (Å²) in [5.74, 6) is 1.24. The van der Waals surface area contributed by atoms with Crippen molar-refractivity contribution in [3.8, 4) is 0 Å². The molecule has 23 heavy (non-hydrogen) atoms. The second kappa shape index (κ2) is 8.14. The summed E-state index contributed by atoms with van der Waals surface area (Å²) in [7, 11) is 0. The number of piperidine rings is 1. The van der Waals surface area contributed by atoms with Gasteiger partial charge in [-0.3, -0.25) is 4.79 Å². The Kier molecular flexibility index (Phi) is 5.94. The number of rotatable bonds is 5. The summed E-state index contributed by atoms with van der Waals surface area (Å²) >= 11 is 0. The number of aromatic nitrogens is 2. The van der Waals surface area contributed by atoms with Gasteiger partial charge >= 0.3 is 0 Å². The Morgan fingerprint density at radius 3 is 2.91 bits per heavy atom. The SMILES string of the molecule is C/C=C\C=C(/C)c1noc(C2CCN(C(=O)CN=[N+]=[N-])CC2)n1. The predicted octanol–water partition coefficient (Wildman–Crippen LogP) is 3.07. The van der Waals surface area contributed by atoms with E-state index in [2.05, 4.69) is 20.2 Å². The molecule has 1 aromatic rings. The summed E-state index contributed by atoms with van der Waals surface area (Å²) in [4.78, 5) is 20.6. The summed E-state index contributed by atoms with van der Waals surface area (Å²) in [6, 6.07) is 0. The molecule has 1 aromatic heterocycles. The summed E-state index contributed by atoms with van der Waals surface area (Å²) in [5.41, 5.74) is 9.20. The van der Waals surface area contributed by atoms with Crippen molar-refractivity contribution in [1.82, 2.24) is 15.0 Å². The zero-order valence-corrected chi connectivity index (χ0v) is 13.3. The van der Waals surface area contributed by atoms with E-state index in [9.17, 15) is 4.79 Å². The minimum absolute atomic E-state index is 0.124. The van der Waals surface area contributed by atoms with Crippen molar-refractivity contribution >= 4 is 11.5 Å². The Bertz CT molecular complexity index is 649. The molecule has 0 aromatic carbocycles. The molecule has 1 aliphatic rings. The quantitative estimate of drug-likeness (QED) is 0.360. The smallest absolute Gasteiger partial charge is 0.230 e. The number of hydrogen-bond donors (Lipinski definition) is 0. The number of likely N-dealkylation sites (tertiary alicyclic amines) is 1. The maximum absolute atomic E-state index is 11.8. The van der Waals surface area contributed by atoms with Gasteiger partial charge in [-0.15, -0.1) is 0 Å². The largest absolute Gasteiger partial charge is 0.343 e. The Balaban J connectivity index is 1.94. The molecule has 0 aliphatic carbocycles. The number of nitrogens with zero attached hydrogens (tertiary/aromatic N) is 6. The van der Waals surface area contributed by atoms with Crippen LogP contribution in [0.1, 0.15) is 44.3 Å². The van der Waals surface area contributed by atoms with Crippen LogP contribution in [-0.2, 0) is 4.79 Å². The number of azide groups is 1. The first-order valence-electron chi connectivity index (χ1n) is 7.58. The van der Waals surface area contributed by atoms with Gasteiger partial charge in [-0.2, -0.15) is 4.98 Å². The Labute approximate surface area is 134 Å². The lowest BCUT2D eigenvalue weighted by molar-refractivity contribution is -0.130. The molecule has 1 aliphatic heterocycles. The Hall–Kier alpha value is -2.60. The molecular weight excluding hydrogens is 296 g/mol. The highest BCUT2D eigenvalue weighted by atomic mass is 16.5. The minimum atomic E-state index is -0.141. The van der Waals surface area contributed by atoms with Crippen LogP contribution in [0.3, 0.4) is 0 Å². The molecule has 0 bridgehead atoms. The third-order valence-corrected chi connectivity index (χ3v) is 3.80. The Morgan fingerprint density at radius 1 is 1.52 bits per heavy atom. The zero-order valence-electron chi connectivity index (χ0n) is 13.3. The molecule has 8 heteroatoms. The molecule has 8 nitrogen and oxygen atoms in total. The molecule has 0 radical (unpaired) electrons. The molecule has 0 saturated carbocycles. The van der Waals surface area contributed by atoms with Gasteiger partial charge in [0.2, 0.25) is 11.8 Å². The minimum Gasteiger partial charge on any atom is -0.343 e. The van der Waals surface area contributed by atoms with Crippen LogP contribution in [0, 0.1) is 0 Å². The molecule has 0 atom stereocenters. The molecule has 0 N–H and O–H groups in total. The zero-order chi connectivity index (χ0) is 16.7. The maximum Gasteiger partial charge on any atom is 0.230 e. The first-order valence-corrected chi connectivity index (χ1v) is 7.58. The van der Waals surface area contributed by atoms with E-state index in [-0.39, 0.29) is 18.4 Å². The van der Waals surface area contributed by atoms with E-state index in [1.165, 1.54) is 0 Å². The van der Waals surface area contributed by atoms with Crippen molar-refractivity contribution < 1.29 is 9.32 Å². The highest BCUT2D eigenvalue weighted by Crippen LogP contribution is 2.27. The van der Waals surface area contributed by atoms with Crippen molar-refractivity contribution in [1.29, 1.82) is 0 Å². The van der Waals surface area contributed by atoms with Crippen LogP contribution in [0.25, 0.3) is 16.0 Å². The topological polar surface area (TPSA) is 108 Å². The molecular formula is C15H20N6O2. The van der Waals surface area contributed by atoms with Gasteiger partial charge in [-0.25, -0.2) is 0 Å². The molecule has 1 fully saturated rings. The second-order valence-corrected chi connectivity index (χ2v) is 5.38. The van der Waals surface area contributed by atoms with Crippen LogP contribution in [0.2, 0.25) is 0 Å². The van der Waals surface area contributed by atoms with E-state index in [0.717, 1.165) is 18.4 Å². The van der Waals surface area contributed by atoms with E-state index in [1.54, 1.807) is 4.90 Å². The summed E-state index contributed by atoms with van der Waals surface area (Å²) in [5, 5.41) is 7.32. The Morgan fingerprint density at radius 2 is 2.26 bits per heavy atom. The molecule has 122 valence electrons. The lowest BCUT2D eigenvalue weighted by atomic mass is 9.96. The number of allylic oxidation sites excluding steroid dienone is 4. The molecule has 0 spiro atoms. The maximum atomic E-state index is 11.8. The highest BCUT2D eigenvalue weighted by molar-refractivity contribution is 5.78. The lowest BCUT2D eigenvalue weighted by Crippen LogP contribution is -2.39. The average molecular weight is 316 g/mol. The first-order chi connectivity index (χ1) is 11.2. The molecule has 2 heterocycles. The molecule has 1 amide bonds. The van der Waals surface area contributed by atoms with Crippen molar-refractivity contribution in [3.63, 3.8) is 0 Å². The van der Waals surface area contributed by atoms with E-state index in [1.807, 2.05) is 32.1 Å². The van der Waals surface area contributed by atoms with Gasteiger partial charge in [0.25, 0.3) is 0 Å². The number of hydrogen-bond acceptors (Lipinski definition) is 5. The fourth-order valence-electron chi connectivity index (χ4n) is 2.44. The third-order valence-electron chi connectivity index (χ3n) is 3.80. The lowest BCUT2D eigenvalue weighted by Gasteiger charge is -2.30. The monoisotopic (exact) mass is 316 g/mol. The predicted molar refractivity (Wildman–Crippen MR) is 85.3 cm³/mol. The standard InChI is InChI=1S/C15H20N6O2/c1-3-4-5-11(2)14-18-15(23-19-14)12-6-8-21(9-7-12)13(22)10-17-20-16/h3-5,12H,6-10H2,1-2H3/b4-3-,11-5+. The van der Waals surface area contributed by atoms with E-state index < -0.39 is 0 Å².